The monoisotopic (exact) mass is 436 g/mol. The number of carbonyl (C=O) groups excluding carboxylic acids is 1. The summed E-state index contributed by atoms with van der Waals surface area (Å²) in [7, 11) is 0. The molecule has 0 fully saturated rings. The normalized spacial score (nSPS) is 18.6. The summed E-state index contributed by atoms with van der Waals surface area (Å²) in [4.78, 5) is 12.1. The van der Waals surface area contributed by atoms with Crippen LogP contribution in [-0.2, 0) is 0 Å². The van der Waals surface area contributed by atoms with E-state index < -0.39 is 0 Å². The summed E-state index contributed by atoms with van der Waals surface area (Å²) in [5.41, 5.74) is 0.774. The Hall–Kier alpha value is -0.170. The molecule has 1 aliphatic carbocycles. The second kappa shape index (κ2) is 5.00. The second-order valence-corrected chi connectivity index (χ2v) is 9.28. The molecule has 1 aromatic carbocycles. The van der Waals surface area contributed by atoms with Gasteiger partial charge in [0.05, 0.1) is 5.92 Å². The molecule has 1 aliphatic rings. The molecule has 0 aliphatic heterocycles. The van der Waals surface area contributed by atoms with Crippen molar-refractivity contribution in [1.82, 2.24) is 0 Å². The highest BCUT2D eigenvalue weighted by Gasteiger charge is 2.23. The Morgan fingerprint density at radius 1 is 1.06 bits per heavy atom. The molecule has 0 spiro atoms. The minimum atomic E-state index is -0.111. The average molecular weight is 436 g/mol. The Labute approximate surface area is 122 Å². The van der Waals surface area contributed by atoms with Crippen LogP contribution in [0.15, 0.2) is 54.6 Å². The summed E-state index contributed by atoms with van der Waals surface area (Å²) in [5.74, 6) is 0.0523. The molecule has 0 saturated carbocycles. The number of Topliss-reactive ketones (excluding diaryl/α,β-unsaturated/α-hetero) is 1. The van der Waals surface area contributed by atoms with Crippen molar-refractivity contribution in [3.8, 4) is 0 Å². The van der Waals surface area contributed by atoms with Crippen molar-refractivity contribution in [3.63, 3.8) is 0 Å². The maximum Gasteiger partial charge on any atom is 0.173 e. The van der Waals surface area contributed by atoms with Crippen molar-refractivity contribution in [2.75, 3.05) is 0 Å². The summed E-state index contributed by atoms with van der Waals surface area (Å²) < 4.78 is 0.0169. The van der Waals surface area contributed by atoms with Crippen molar-refractivity contribution in [2.45, 2.75) is 1.43 Å². The van der Waals surface area contributed by atoms with Crippen molar-refractivity contribution < 1.29 is 4.79 Å². The average Bonchev–Trinajstić information content (AvgIpc) is 2.29. The number of rotatable bonds is 2. The van der Waals surface area contributed by atoms with Gasteiger partial charge in [0, 0.05) is 5.56 Å². The van der Waals surface area contributed by atoms with E-state index in [0.29, 0.717) is 0 Å². The second-order valence-electron chi connectivity index (χ2n) is 3.65. The van der Waals surface area contributed by atoms with E-state index in [2.05, 4.69) is 57.3 Å². The van der Waals surface area contributed by atoms with E-state index in [-0.39, 0.29) is 13.1 Å². The molecule has 0 saturated heterocycles. The Bertz CT molecular complexity index is 430. The fourth-order valence-corrected chi connectivity index (χ4v) is 2.38. The lowest BCUT2D eigenvalue weighted by atomic mass is 9.94. The Kier molecular flexibility index (Phi) is 3.84. The van der Waals surface area contributed by atoms with Gasteiger partial charge in [-0.2, -0.15) is 0 Å². The molecular weight excluding hydrogens is 426 g/mol. The first-order chi connectivity index (χ1) is 7.58. The lowest BCUT2D eigenvalue weighted by Gasteiger charge is -2.18. The largest absolute Gasteiger partial charge is 0.293 e. The van der Waals surface area contributed by atoms with Gasteiger partial charge < -0.3 is 0 Å². The smallest absolute Gasteiger partial charge is 0.173 e. The molecule has 3 heteroatoms. The first-order valence-corrected chi connectivity index (χ1v) is 7.10. The van der Waals surface area contributed by atoms with Gasteiger partial charge in [-0.15, -0.1) is 0 Å². The molecule has 82 valence electrons. The number of ketones is 1. The maximum atomic E-state index is 12.1. The van der Waals surface area contributed by atoms with Crippen LogP contribution in [0.4, 0.5) is 0 Å². The molecule has 16 heavy (non-hydrogen) atoms. The maximum absolute atomic E-state index is 12.1. The summed E-state index contributed by atoms with van der Waals surface area (Å²) >= 11 is 4.68. The third kappa shape index (κ3) is 2.94. The fourth-order valence-electron chi connectivity index (χ4n) is 1.55. The Balaban J connectivity index is 2.18. The molecule has 0 aromatic heterocycles. The lowest BCUT2D eigenvalue weighted by Crippen LogP contribution is -2.16. The Morgan fingerprint density at radius 3 is 2.19 bits per heavy atom. The van der Waals surface area contributed by atoms with Gasteiger partial charge in [0.2, 0.25) is 0 Å². The van der Waals surface area contributed by atoms with Crippen molar-refractivity contribution in [1.29, 1.82) is 0 Å². The van der Waals surface area contributed by atoms with Crippen LogP contribution in [0.25, 0.3) is 0 Å². The molecule has 2 rings (SSSR count). The summed E-state index contributed by atoms with van der Waals surface area (Å²) in [6, 6.07) is 9.43. The van der Waals surface area contributed by atoms with Crippen LogP contribution in [0.1, 0.15) is 10.4 Å². The Morgan fingerprint density at radius 2 is 1.62 bits per heavy atom. The van der Waals surface area contributed by atoms with Crippen LogP contribution in [0.3, 0.4) is 0 Å². The van der Waals surface area contributed by atoms with Crippen LogP contribution < -0.4 is 0 Å². The first-order valence-electron chi connectivity index (χ1n) is 4.94. The van der Waals surface area contributed by atoms with Crippen molar-refractivity contribution in [2.24, 2.45) is 5.92 Å². The van der Waals surface area contributed by atoms with Crippen LogP contribution >= 0.6 is 45.2 Å². The van der Waals surface area contributed by atoms with Crippen LogP contribution in [0.5, 0.6) is 0 Å². The molecule has 0 heterocycles. The number of halogens is 2. The predicted molar refractivity (Wildman–Crippen MR) is 83.3 cm³/mol. The minimum absolute atomic E-state index is 0.0169. The zero-order valence-corrected chi connectivity index (χ0v) is 12.8. The quantitative estimate of drug-likeness (QED) is 0.295. The van der Waals surface area contributed by atoms with Gasteiger partial charge in [-0.1, -0.05) is 99.8 Å². The highest BCUT2D eigenvalue weighted by atomic mass is 127. The molecule has 0 bridgehead atoms. The van der Waals surface area contributed by atoms with Gasteiger partial charge in [0.1, 0.15) is 1.43 Å². The lowest BCUT2D eigenvalue weighted by molar-refractivity contribution is 0.0964. The number of benzene rings is 1. The topological polar surface area (TPSA) is 17.1 Å². The van der Waals surface area contributed by atoms with E-state index in [1.165, 1.54) is 0 Å². The SMILES string of the molecule is O=C(c1ccccc1)C1C=CC(I)(I)C=C1. The van der Waals surface area contributed by atoms with Gasteiger partial charge in [-0.3, -0.25) is 4.79 Å². The van der Waals surface area contributed by atoms with Crippen LogP contribution in [-0.4, -0.2) is 7.21 Å². The number of alkyl halides is 2. The molecule has 1 aromatic rings. The summed E-state index contributed by atoms with van der Waals surface area (Å²) in [5, 5.41) is 0. The van der Waals surface area contributed by atoms with Crippen LogP contribution in [0, 0.1) is 5.92 Å². The highest BCUT2D eigenvalue weighted by molar-refractivity contribution is 14.2. The van der Waals surface area contributed by atoms with Gasteiger partial charge >= 0.3 is 0 Å². The number of allylic oxidation sites excluding steroid dienone is 4. The fraction of sp³-hybridized carbons (Fsp3) is 0.154. The zero-order chi connectivity index (χ0) is 11.6. The van der Waals surface area contributed by atoms with Crippen molar-refractivity contribution >= 4 is 51.0 Å². The number of hydrogen-bond acceptors (Lipinski definition) is 1. The minimum Gasteiger partial charge on any atom is -0.293 e. The molecule has 1 nitrogen and oxygen atoms in total. The highest BCUT2D eigenvalue weighted by Crippen LogP contribution is 2.35. The molecule has 0 amide bonds. The van der Waals surface area contributed by atoms with Gasteiger partial charge in [-0.25, -0.2) is 0 Å². The first kappa shape index (κ1) is 12.3. The van der Waals surface area contributed by atoms with E-state index in [9.17, 15) is 4.79 Å². The van der Waals surface area contributed by atoms with Crippen molar-refractivity contribution in [3.05, 3.63) is 60.2 Å². The molecule has 0 N–H and O–H groups in total. The molecule has 0 atom stereocenters. The standard InChI is InChI=1S/C13H10I2O/c14-13(15)8-6-11(7-9-13)12(16)10-4-2-1-3-5-10/h1-9,11H. The van der Waals surface area contributed by atoms with E-state index in [1.54, 1.807) is 0 Å². The number of hydrogen-bond donors (Lipinski definition) is 0. The zero-order valence-electron chi connectivity index (χ0n) is 8.44. The van der Waals surface area contributed by atoms with Gasteiger partial charge in [-0.05, 0) is 0 Å². The van der Waals surface area contributed by atoms with Gasteiger partial charge in [0.15, 0.2) is 5.78 Å². The summed E-state index contributed by atoms with van der Waals surface area (Å²) in [6.45, 7) is 0. The molecule has 0 unspecified atom stereocenters. The third-order valence-electron chi connectivity index (χ3n) is 2.41. The third-order valence-corrected chi connectivity index (χ3v) is 3.85. The van der Waals surface area contributed by atoms with E-state index in [0.717, 1.165) is 5.56 Å². The van der Waals surface area contributed by atoms with Crippen LogP contribution in [0.2, 0.25) is 0 Å². The molecule has 0 radical (unpaired) electrons. The predicted octanol–water partition coefficient (Wildman–Crippen LogP) is 4.18. The van der Waals surface area contributed by atoms with E-state index >= 15 is 0 Å². The van der Waals surface area contributed by atoms with E-state index in [1.807, 2.05) is 42.5 Å². The van der Waals surface area contributed by atoms with E-state index in [4.69, 9.17) is 0 Å². The number of carbonyl (C=O) groups is 1. The summed E-state index contributed by atoms with van der Waals surface area (Å²) in [6.07, 6.45) is 8.10. The van der Waals surface area contributed by atoms with Gasteiger partial charge in [0.25, 0.3) is 0 Å². The molecular formula is C13H10I2O.